The van der Waals surface area contributed by atoms with Crippen LogP contribution in [0, 0.1) is 0 Å². The Bertz CT molecular complexity index is 731. The van der Waals surface area contributed by atoms with Crippen LogP contribution in [0.2, 0.25) is 0 Å². The fourth-order valence-electron chi connectivity index (χ4n) is 2.87. The minimum Gasteiger partial charge on any atom is -0.481 e. The average Bonchev–Trinajstić information content (AvgIpc) is 3.08. The number of carboxylic acids is 1. The van der Waals surface area contributed by atoms with E-state index >= 15 is 0 Å². The number of aliphatic carboxylic acids is 1. The van der Waals surface area contributed by atoms with Crippen molar-refractivity contribution in [2.24, 2.45) is 0 Å². The van der Waals surface area contributed by atoms with Gasteiger partial charge in [-0.1, -0.05) is 18.2 Å². The van der Waals surface area contributed by atoms with Crippen molar-refractivity contribution in [1.29, 1.82) is 0 Å². The van der Waals surface area contributed by atoms with E-state index in [1.165, 1.54) is 0 Å². The fraction of sp³-hybridized carbons (Fsp3) is 0.412. The van der Waals surface area contributed by atoms with Crippen LogP contribution in [-0.4, -0.2) is 62.4 Å². The third-order valence-electron chi connectivity index (χ3n) is 4.11. The predicted molar refractivity (Wildman–Crippen MR) is 88.3 cm³/mol. The SMILES string of the molecule is O=C(O)C[C@@H]1CN(C(=O)CCc2nncn2-c2ccccc2)CCO1. The van der Waals surface area contributed by atoms with Gasteiger partial charge in [0, 0.05) is 31.6 Å². The summed E-state index contributed by atoms with van der Waals surface area (Å²) >= 11 is 0. The summed E-state index contributed by atoms with van der Waals surface area (Å²) in [5, 5.41) is 16.9. The number of carboxylic acid groups (broad SMARTS) is 1. The van der Waals surface area contributed by atoms with Crippen LogP contribution in [-0.2, 0) is 20.7 Å². The van der Waals surface area contributed by atoms with E-state index in [9.17, 15) is 9.59 Å². The molecule has 1 aromatic heterocycles. The molecule has 8 heteroatoms. The lowest BCUT2D eigenvalue weighted by atomic mass is 10.2. The van der Waals surface area contributed by atoms with E-state index in [0.29, 0.717) is 32.5 Å². The van der Waals surface area contributed by atoms with Crippen molar-refractivity contribution in [3.05, 3.63) is 42.5 Å². The van der Waals surface area contributed by atoms with Crippen LogP contribution < -0.4 is 0 Å². The van der Waals surface area contributed by atoms with E-state index in [2.05, 4.69) is 10.2 Å². The molecule has 132 valence electrons. The number of rotatable bonds is 6. The number of carbonyl (C=O) groups excluding carboxylic acids is 1. The topological polar surface area (TPSA) is 97.5 Å². The quantitative estimate of drug-likeness (QED) is 0.836. The standard InChI is InChI=1S/C17H20N4O4/c22-16(20-8-9-25-14(11-20)10-17(23)24)7-6-15-19-18-12-21(15)13-4-2-1-3-5-13/h1-5,12,14H,6-11H2,(H,23,24)/t14-/m1/s1. The number of morpholine rings is 1. The number of carbonyl (C=O) groups is 2. The van der Waals surface area contributed by atoms with Crippen molar-refractivity contribution in [3.8, 4) is 5.69 Å². The first kappa shape index (κ1) is 17.1. The van der Waals surface area contributed by atoms with Gasteiger partial charge in [0.05, 0.1) is 19.1 Å². The Morgan fingerprint density at radius 1 is 1.28 bits per heavy atom. The second-order valence-electron chi connectivity index (χ2n) is 5.88. The molecule has 1 N–H and O–H groups in total. The highest BCUT2D eigenvalue weighted by Crippen LogP contribution is 2.13. The first-order chi connectivity index (χ1) is 12.1. The van der Waals surface area contributed by atoms with Gasteiger partial charge in [0.15, 0.2) is 0 Å². The number of amides is 1. The Kier molecular flexibility index (Phi) is 5.39. The molecule has 1 atom stereocenters. The van der Waals surface area contributed by atoms with Gasteiger partial charge in [-0.3, -0.25) is 14.2 Å². The van der Waals surface area contributed by atoms with Gasteiger partial charge in [-0.05, 0) is 12.1 Å². The van der Waals surface area contributed by atoms with Gasteiger partial charge in [0.2, 0.25) is 5.91 Å². The van der Waals surface area contributed by atoms with E-state index in [-0.39, 0.29) is 12.3 Å². The number of hydrogen-bond donors (Lipinski definition) is 1. The summed E-state index contributed by atoms with van der Waals surface area (Å²) in [4.78, 5) is 24.9. The number of ether oxygens (including phenoxy) is 1. The summed E-state index contributed by atoms with van der Waals surface area (Å²) in [5.74, 6) is -0.230. The maximum atomic E-state index is 12.4. The summed E-state index contributed by atoms with van der Waals surface area (Å²) < 4.78 is 7.26. The van der Waals surface area contributed by atoms with Crippen molar-refractivity contribution in [1.82, 2.24) is 19.7 Å². The molecule has 25 heavy (non-hydrogen) atoms. The zero-order valence-corrected chi connectivity index (χ0v) is 13.7. The number of aromatic nitrogens is 3. The highest BCUT2D eigenvalue weighted by atomic mass is 16.5. The van der Waals surface area contributed by atoms with E-state index in [4.69, 9.17) is 9.84 Å². The molecule has 1 saturated heterocycles. The molecule has 0 spiro atoms. The molecule has 0 saturated carbocycles. The first-order valence-electron chi connectivity index (χ1n) is 8.19. The van der Waals surface area contributed by atoms with Crippen LogP contribution in [0.5, 0.6) is 0 Å². The second kappa shape index (κ2) is 7.89. The van der Waals surface area contributed by atoms with Crippen LogP contribution in [0.4, 0.5) is 0 Å². The molecule has 0 unspecified atom stereocenters. The molecule has 2 heterocycles. The Labute approximate surface area is 145 Å². The van der Waals surface area contributed by atoms with Crippen molar-refractivity contribution in [3.63, 3.8) is 0 Å². The van der Waals surface area contributed by atoms with E-state index in [1.807, 2.05) is 34.9 Å². The third kappa shape index (κ3) is 4.42. The van der Waals surface area contributed by atoms with Crippen molar-refractivity contribution in [2.45, 2.75) is 25.4 Å². The second-order valence-corrected chi connectivity index (χ2v) is 5.88. The lowest BCUT2D eigenvalue weighted by Gasteiger charge is -2.32. The number of aryl methyl sites for hydroxylation is 1. The smallest absolute Gasteiger partial charge is 0.306 e. The molecule has 0 radical (unpaired) electrons. The maximum absolute atomic E-state index is 12.4. The third-order valence-corrected chi connectivity index (χ3v) is 4.11. The summed E-state index contributed by atoms with van der Waals surface area (Å²) in [6.07, 6.45) is 1.86. The minimum absolute atomic E-state index is 0.0266. The van der Waals surface area contributed by atoms with Crippen LogP contribution >= 0.6 is 0 Å². The summed E-state index contributed by atoms with van der Waals surface area (Å²) in [5.41, 5.74) is 0.947. The molecule has 0 bridgehead atoms. The van der Waals surface area contributed by atoms with Crippen molar-refractivity contribution >= 4 is 11.9 Å². The summed E-state index contributed by atoms with van der Waals surface area (Å²) in [6.45, 7) is 1.17. The highest BCUT2D eigenvalue weighted by Gasteiger charge is 2.26. The van der Waals surface area contributed by atoms with E-state index in [0.717, 1.165) is 11.5 Å². The molecule has 1 aliphatic rings. The van der Waals surface area contributed by atoms with Crippen LogP contribution in [0.25, 0.3) is 5.69 Å². The Morgan fingerprint density at radius 2 is 2.08 bits per heavy atom. The van der Waals surface area contributed by atoms with Crippen molar-refractivity contribution in [2.75, 3.05) is 19.7 Å². The largest absolute Gasteiger partial charge is 0.481 e. The minimum atomic E-state index is -0.921. The Balaban J connectivity index is 1.58. The normalized spacial score (nSPS) is 17.4. The zero-order chi connectivity index (χ0) is 17.6. The van der Waals surface area contributed by atoms with Crippen LogP contribution in [0.3, 0.4) is 0 Å². The molecule has 1 aliphatic heterocycles. The van der Waals surface area contributed by atoms with E-state index in [1.54, 1.807) is 11.2 Å². The average molecular weight is 344 g/mol. The van der Waals surface area contributed by atoms with Gasteiger partial charge < -0.3 is 14.7 Å². The van der Waals surface area contributed by atoms with Gasteiger partial charge in [0.1, 0.15) is 12.2 Å². The molecule has 0 aliphatic carbocycles. The molecule has 2 aromatic rings. The number of para-hydroxylation sites is 1. The van der Waals surface area contributed by atoms with Gasteiger partial charge in [-0.2, -0.15) is 0 Å². The fourth-order valence-corrected chi connectivity index (χ4v) is 2.87. The number of hydrogen-bond acceptors (Lipinski definition) is 5. The van der Waals surface area contributed by atoms with Crippen molar-refractivity contribution < 1.29 is 19.4 Å². The van der Waals surface area contributed by atoms with Gasteiger partial charge in [-0.25, -0.2) is 0 Å². The molecular formula is C17H20N4O4. The summed E-state index contributed by atoms with van der Waals surface area (Å²) in [7, 11) is 0. The van der Waals surface area contributed by atoms with Crippen LogP contribution in [0.15, 0.2) is 36.7 Å². The Hall–Kier alpha value is -2.74. The lowest BCUT2D eigenvalue weighted by Crippen LogP contribution is -2.46. The molecule has 1 amide bonds. The van der Waals surface area contributed by atoms with Gasteiger partial charge >= 0.3 is 5.97 Å². The number of benzene rings is 1. The maximum Gasteiger partial charge on any atom is 0.306 e. The predicted octanol–water partition coefficient (Wildman–Crippen LogP) is 0.902. The molecule has 8 nitrogen and oxygen atoms in total. The molecule has 3 rings (SSSR count). The first-order valence-corrected chi connectivity index (χ1v) is 8.19. The number of nitrogens with zero attached hydrogens (tertiary/aromatic N) is 4. The molecule has 1 fully saturated rings. The zero-order valence-electron chi connectivity index (χ0n) is 13.7. The van der Waals surface area contributed by atoms with Crippen LogP contribution in [0.1, 0.15) is 18.7 Å². The monoisotopic (exact) mass is 344 g/mol. The molecule has 1 aromatic carbocycles. The summed E-state index contributed by atoms with van der Waals surface area (Å²) in [6, 6.07) is 9.70. The van der Waals surface area contributed by atoms with E-state index < -0.39 is 12.1 Å². The molecular weight excluding hydrogens is 324 g/mol. The van der Waals surface area contributed by atoms with Gasteiger partial charge in [-0.15, -0.1) is 10.2 Å². The lowest BCUT2D eigenvalue weighted by molar-refractivity contribution is -0.147. The highest BCUT2D eigenvalue weighted by molar-refractivity contribution is 5.76. The van der Waals surface area contributed by atoms with Gasteiger partial charge in [0.25, 0.3) is 0 Å². The Morgan fingerprint density at radius 3 is 2.84 bits per heavy atom.